The van der Waals surface area contributed by atoms with Crippen molar-refractivity contribution in [2.24, 2.45) is 5.92 Å². The Bertz CT molecular complexity index is 822. The Morgan fingerprint density at radius 1 is 1.24 bits per heavy atom. The number of rotatable bonds is 7. The zero-order valence-corrected chi connectivity index (χ0v) is 18.0. The zero-order valence-electron chi connectivity index (χ0n) is 17.2. The molecule has 2 heterocycles. The maximum Gasteiger partial charge on any atom is 0.254 e. The van der Waals surface area contributed by atoms with Crippen LogP contribution in [0.2, 0.25) is 5.02 Å². The van der Waals surface area contributed by atoms with E-state index in [0.29, 0.717) is 47.7 Å². The van der Waals surface area contributed by atoms with Crippen LogP contribution in [0.4, 0.5) is 0 Å². The van der Waals surface area contributed by atoms with Crippen molar-refractivity contribution in [3.63, 3.8) is 0 Å². The number of hydrogen-bond acceptors (Lipinski definition) is 5. The summed E-state index contributed by atoms with van der Waals surface area (Å²) in [6, 6.07) is 7.40. The lowest BCUT2D eigenvalue weighted by Crippen LogP contribution is -2.48. The van der Waals surface area contributed by atoms with Gasteiger partial charge in [0.2, 0.25) is 0 Å². The molecular weight excluding hydrogens is 390 g/mol. The van der Waals surface area contributed by atoms with E-state index in [1.165, 1.54) is 5.56 Å². The number of piperazine rings is 1. The highest BCUT2D eigenvalue weighted by Gasteiger charge is 2.24. The Balaban J connectivity index is 1.64. The summed E-state index contributed by atoms with van der Waals surface area (Å²) in [6.45, 7) is 8.48. The van der Waals surface area contributed by atoms with Gasteiger partial charge in [-0.25, -0.2) is 0 Å². The van der Waals surface area contributed by atoms with E-state index in [0.717, 1.165) is 19.6 Å². The highest BCUT2D eigenvalue weighted by atomic mass is 35.5. The summed E-state index contributed by atoms with van der Waals surface area (Å²) in [4.78, 5) is 21.4. The Hall–Kier alpha value is -2.31. The largest absolute Gasteiger partial charge is 0.493 e. The first-order valence-electron chi connectivity index (χ1n) is 9.88. The van der Waals surface area contributed by atoms with Gasteiger partial charge in [0.15, 0.2) is 11.5 Å². The number of amides is 1. The summed E-state index contributed by atoms with van der Waals surface area (Å²) in [5.74, 6) is 1.29. The van der Waals surface area contributed by atoms with Crippen molar-refractivity contribution in [3.05, 3.63) is 52.8 Å². The number of pyridine rings is 1. The van der Waals surface area contributed by atoms with Gasteiger partial charge in [-0.15, -0.1) is 0 Å². The molecule has 1 aromatic carbocycles. The second kappa shape index (κ2) is 9.94. The topological polar surface area (TPSA) is 54.9 Å². The van der Waals surface area contributed by atoms with Gasteiger partial charge in [0.1, 0.15) is 0 Å². The van der Waals surface area contributed by atoms with Gasteiger partial charge < -0.3 is 14.4 Å². The van der Waals surface area contributed by atoms with E-state index in [-0.39, 0.29) is 5.91 Å². The quantitative estimate of drug-likeness (QED) is 0.687. The summed E-state index contributed by atoms with van der Waals surface area (Å²) in [6.07, 6.45) is 3.66. The number of halogens is 1. The van der Waals surface area contributed by atoms with Gasteiger partial charge in [-0.3, -0.25) is 14.7 Å². The lowest BCUT2D eigenvalue weighted by molar-refractivity contribution is 0.0628. The molecular formula is C22H28ClN3O3. The normalized spacial score (nSPS) is 14.9. The molecule has 1 aliphatic rings. The molecule has 0 N–H and O–H groups in total. The van der Waals surface area contributed by atoms with Crippen LogP contribution in [0.1, 0.15) is 29.8 Å². The van der Waals surface area contributed by atoms with E-state index in [9.17, 15) is 4.79 Å². The van der Waals surface area contributed by atoms with Crippen LogP contribution < -0.4 is 9.47 Å². The molecule has 0 atom stereocenters. The molecule has 1 fully saturated rings. The van der Waals surface area contributed by atoms with Crippen LogP contribution in [0, 0.1) is 5.92 Å². The molecule has 0 bridgehead atoms. The van der Waals surface area contributed by atoms with Gasteiger partial charge in [0, 0.05) is 50.7 Å². The highest BCUT2D eigenvalue weighted by Crippen LogP contribution is 2.37. The minimum Gasteiger partial charge on any atom is -0.493 e. The van der Waals surface area contributed by atoms with Gasteiger partial charge >= 0.3 is 0 Å². The third kappa shape index (κ3) is 5.61. The van der Waals surface area contributed by atoms with E-state index in [2.05, 4.69) is 29.8 Å². The lowest BCUT2D eigenvalue weighted by Gasteiger charge is -2.34. The monoisotopic (exact) mass is 417 g/mol. The fourth-order valence-corrected chi connectivity index (χ4v) is 3.54. The summed E-state index contributed by atoms with van der Waals surface area (Å²) in [5.41, 5.74) is 1.70. The average Bonchev–Trinajstić information content (AvgIpc) is 2.73. The SMILES string of the molecule is COc1cc(C(=O)N2CCN(Cc3cccnc3)CC2)cc(Cl)c1OCC(C)C. The van der Waals surface area contributed by atoms with Crippen molar-refractivity contribution < 1.29 is 14.3 Å². The Morgan fingerprint density at radius 2 is 2.00 bits per heavy atom. The van der Waals surface area contributed by atoms with Crippen molar-refractivity contribution in [2.45, 2.75) is 20.4 Å². The van der Waals surface area contributed by atoms with Crippen molar-refractivity contribution >= 4 is 17.5 Å². The molecule has 7 heteroatoms. The molecule has 0 aliphatic carbocycles. The van der Waals surface area contributed by atoms with Crippen LogP contribution >= 0.6 is 11.6 Å². The molecule has 0 radical (unpaired) electrons. The molecule has 0 unspecified atom stereocenters. The Kier molecular flexibility index (Phi) is 7.34. The first-order valence-corrected chi connectivity index (χ1v) is 10.3. The second-order valence-electron chi connectivity index (χ2n) is 7.62. The average molecular weight is 418 g/mol. The molecule has 0 saturated carbocycles. The van der Waals surface area contributed by atoms with Gasteiger partial charge in [0.25, 0.3) is 5.91 Å². The first-order chi connectivity index (χ1) is 14.0. The molecule has 1 aromatic heterocycles. The summed E-state index contributed by atoms with van der Waals surface area (Å²) in [5, 5.41) is 0.392. The Morgan fingerprint density at radius 3 is 2.62 bits per heavy atom. The number of aromatic nitrogens is 1. The minimum absolute atomic E-state index is 0.0402. The number of carbonyl (C=O) groups excluding carboxylic acids is 1. The summed E-state index contributed by atoms with van der Waals surface area (Å²) >= 11 is 6.40. The number of carbonyl (C=O) groups is 1. The maximum atomic E-state index is 13.0. The predicted molar refractivity (Wildman–Crippen MR) is 114 cm³/mol. The molecule has 6 nitrogen and oxygen atoms in total. The highest BCUT2D eigenvalue weighted by molar-refractivity contribution is 6.32. The molecule has 0 spiro atoms. The van der Waals surface area contributed by atoms with Crippen molar-refractivity contribution in [1.82, 2.24) is 14.8 Å². The van der Waals surface area contributed by atoms with Crippen molar-refractivity contribution in [3.8, 4) is 11.5 Å². The van der Waals surface area contributed by atoms with Gasteiger partial charge in [-0.05, 0) is 29.7 Å². The molecule has 2 aromatic rings. The third-order valence-electron chi connectivity index (χ3n) is 4.83. The number of benzene rings is 1. The van der Waals surface area contributed by atoms with Crippen molar-refractivity contribution in [2.75, 3.05) is 39.9 Å². The smallest absolute Gasteiger partial charge is 0.254 e. The number of ether oxygens (including phenoxy) is 2. The number of hydrogen-bond donors (Lipinski definition) is 0. The van der Waals surface area contributed by atoms with Gasteiger partial charge in [0.05, 0.1) is 18.7 Å². The van der Waals surface area contributed by atoms with Crippen LogP contribution in [0.15, 0.2) is 36.7 Å². The predicted octanol–water partition coefficient (Wildman–Crippen LogP) is 3.74. The van der Waals surface area contributed by atoms with E-state index in [4.69, 9.17) is 21.1 Å². The molecule has 1 amide bonds. The van der Waals surface area contributed by atoms with Crippen LogP contribution in [-0.4, -0.2) is 60.6 Å². The minimum atomic E-state index is -0.0402. The molecule has 1 aliphatic heterocycles. The van der Waals surface area contributed by atoms with E-state index >= 15 is 0 Å². The molecule has 29 heavy (non-hydrogen) atoms. The van der Waals surface area contributed by atoms with Gasteiger partial charge in [-0.1, -0.05) is 31.5 Å². The van der Waals surface area contributed by atoms with Crippen LogP contribution in [-0.2, 0) is 6.54 Å². The fourth-order valence-electron chi connectivity index (χ4n) is 3.27. The van der Waals surface area contributed by atoms with Crippen molar-refractivity contribution in [1.29, 1.82) is 0 Å². The summed E-state index contributed by atoms with van der Waals surface area (Å²) < 4.78 is 11.2. The fraction of sp³-hybridized carbons (Fsp3) is 0.455. The van der Waals surface area contributed by atoms with Crippen LogP contribution in [0.3, 0.4) is 0 Å². The van der Waals surface area contributed by atoms with Crippen LogP contribution in [0.25, 0.3) is 0 Å². The Labute approximate surface area is 177 Å². The maximum absolute atomic E-state index is 13.0. The molecule has 3 rings (SSSR count). The van der Waals surface area contributed by atoms with Gasteiger partial charge in [-0.2, -0.15) is 0 Å². The second-order valence-corrected chi connectivity index (χ2v) is 8.03. The van der Waals surface area contributed by atoms with E-state index < -0.39 is 0 Å². The first kappa shape index (κ1) is 21.4. The van der Waals surface area contributed by atoms with E-state index in [1.54, 1.807) is 25.4 Å². The van der Waals surface area contributed by atoms with E-state index in [1.807, 2.05) is 17.2 Å². The number of methoxy groups -OCH3 is 1. The lowest BCUT2D eigenvalue weighted by atomic mass is 10.1. The van der Waals surface area contributed by atoms with Crippen LogP contribution in [0.5, 0.6) is 11.5 Å². The standard InChI is InChI=1S/C22H28ClN3O3/c1-16(2)15-29-21-19(23)11-18(12-20(21)28-3)22(27)26-9-7-25(8-10-26)14-17-5-4-6-24-13-17/h4-6,11-13,16H,7-10,14-15H2,1-3H3. The summed E-state index contributed by atoms with van der Waals surface area (Å²) in [7, 11) is 1.55. The molecule has 156 valence electrons. The molecule has 1 saturated heterocycles. The zero-order chi connectivity index (χ0) is 20.8. The third-order valence-corrected chi connectivity index (χ3v) is 5.11. The number of nitrogens with zero attached hydrogens (tertiary/aromatic N) is 3.